The number of fused-ring (bicyclic) bond motifs is 1. The number of anilines is 1. The molecule has 0 radical (unpaired) electrons. The molecule has 1 aliphatic rings. The highest BCUT2D eigenvalue weighted by Gasteiger charge is 2.29. The molecule has 0 saturated heterocycles. The quantitative estimate of drug-likeness (QED) is 0.907. The highest BCUT2D eigenvalue weighted by molar-refractivity contribution is 7.10. The van der Waals surface area contributed by atoms with Crippen LogP contribution < -0.4 is 10.2 Å². The van der Waals surface area contributed by atoms with Crippen molar-refractivity contribution in [2.75, 3.05) is 18.4 Å². The van der Waals surface area contributed by atoms with Gasteiger partial charge < -0.3 is 10.2 Å². The average molecular weight is 312 g/mol. The fourth-order valence-electron chi connectivity index (χ4n) is 2.98. The molecule has 1 aliphatic heterocycles. The number of nitrogens with zero attached hydrogens (tertiary/aromatic N) is 1. The van der Waals surface area contributed by atoms with Crippen LogP contribution in [-0.4, -0.2) is 19.0 Å². The van der Waals surface area contributed by atoms with E-state index in [4.69, 9.17) is 5.26 Å². The molecule has 1 aromatic heterocycles. The van der Waals surface area contributed by atoms with Crippen molar-refractivity contribution in [1.29, 1.82) is 5.26 Å². The molecule has 22 heavy (non-hydrogen) atoms. The van der Waals surface area contributed by atoms with Gasteiger partial charge in [-0.15, -0.1) is 11.3 Å². The van der Waals surface area contributed by atoms with Crippen molar-refractivity contribution >= 4 is 22.9 Å². The molecule has 5 heteroatoms. The van der Waals surface area contributed by atoms with E-state index in [1.54, 1.807) is 18.2 Å². The van der Waals surface area contributed by atoms with Crippen molar-refractivity contribution in [3.63, 3.8) is 0 Å². The van der Waals surface area contributed by atoms with Gasteiger partial charge >= 0.3 is 0 Å². The van der Waals surface area contributed by atoms with Crippen LogP contribution in [0.15, 0.2) is 35.7 Å². The number of amides is 1. The zero-order valence-electron chi connectivity index (χ0n) is 12.4. The van der Waals surface area contributed by atoms with Gasteiger partial charge in [0.25, 0.3) is 5.91 Å². The molecule has 112 valence electrons. The second-order valence-electron chi connectivity index (χ2n) is 5.56. The Kier molecular flexibility index (Phi) is 4.23. The summed E-state index contributed by atoms with van der Waals surface area (Å²) >= 11 is 1.81. The molecule has 0 spiro atoms. The largest absolute Gasteiger partial charge is 0.321 e. The minimum Gasteiger partial charge on any atom is -0.321 e. The minimum absolute atomic E-state index is 0.0387. The summed E-state index contributed by atoms with van der Waals surface area (Å²) in [7, 11) is 0. The number of carbonyl (C=O) groups is 1. The summed E-state index contributed by atoms with van der Waals surface area (Å²) in [5.41, 5.74) is 2.46. The van der Waals surface area contributed by atoms with Gasteiger partial charge in [-0.3, -0.25) is 4.79 Å². The summed E-state index contributed by atoms with van der Waals surface area (Å²) in [6.07, 6.45) is 1.04. The zero-order chi connectivity index (χ0) is 15.5. The molecule has 2 heterocycles. The maximum absolute atomic E-state index is 12.3. The van der Waals surface area contributed by atoms with Crippen LogP contribution in [0.25, 0.3) is 0 Å². The van der Waals surface area contributed by atoms with Gasteiger partial charge in [0.15, 0.2) is 6.54 Å². The maximum Gasteiger partial charge on any atom is 0.279 e. The SMILES string of the molecule is C[C@H]1c2ccsc2CC[NH+]1CC(=O)Nc1ccccc1C#N. The maximum atomic E-state index is 12.3. The van der Waals surface area contributed by atoms with E-state index < -0.39 is 0 Å². The molecule has 0 fully saturated rings. The fraction of sp³-hybridized carbons (Fsp3) is 0.294. The second kappa shape index (κ2) is 6.30. The first-order valence-electron chi connectivity index (χ1n) is 7.39. The lowest BCUT2D eigenvalue weighted by atomic mass is 10.0. The minimum atomic E-state index is -0.0387. The van der Waals surface area contributed by atoms with Crippen LogP contribution in [0.2, 0.25) is 0 Å². The van der Waals surface area contributed by atoms with Crippen LogP contribution in [0.1, 0.15) is 29.0 Å². The Balaban J connectivity index is 1.67. The van der Waals surface area contributed by atoms with Crippen molar-refractivity contribution in [2.45, 2.75) is 19.4 Å². The molecule has 1 aromatic carbocycles. The van der Waals surface area contributed by atoms with Crippen LogP contribution in [0.4, 0.5) is 5.69 Å². The van der Waals surface area contributed by atoms with E-state index in [1.807, 2.05) is 17.4 Å². The summed E-state index contributed by atoms with van der Waals surface area (Å²) in [6, 6.07) is 11.7. The summed E-state index contributed by atoms with van der Waals surface area (Å²) in [5.74, 6) is -0.0387. The van der Waals surface area contributed by atoms with Gasteiger partial charge in [-0.2, -0.15) is 5.26 Å². The smallest absolute Gasteiger partial charge is 0.279 e. The molecule has 1 unspecified atom stereocenters. The van der Waals surface area contributed by atoms with E-state index in [0.717, 1.165) is 13.0 Å². The third kappa shape index (κ3) is 2.89. The normalized spacial score (nSPS) is 20.0. The summed E-state index contributed by atoms with van der Waals surface area (Å²) in [5, 5.41) is 14.1. The number of benzene rings is 1. The van der Waals surface area contributed by atoms with Crippen LogP contribution in [0.5, 0.6) is 0 Å². The first-order valence-corrected chi connectivity index (χ1v) is 8.27. The van der Waals surface area contributed by atoms with Crippen LogP contribution in [0.3, 0.4) is 0 Å². The summed E-state index contributed by atoms with van der Waals surface area (Å²) in [6.45, 7) is 3.58. The monoisotopic (exact) mass is 312 g/mol. The Morgan fingerprint density at radius 1 is 1.45 bits per heavy atom. The van der Waals surface area contributed by atoms with Crippen LogP contribution in [-0.2, 0) is 11.2 Å². The number of hydrogen-bond donors (Lipinski definition) is 2. The number of para-hydroxylation sites is 1. The highest BCUT2D eigenvalue weighted by Crippen LogP contribution is 2.24. The molecule has 2 aromatic rings. The number of thiophene rings is 1. The summed E-state index contributed by atoms with van der Waals surface area (Å²) in [4.78, 5) is 15.0. The van der Waals surface area contributed by atoms with Crippen molar-refractivity contribution in [3.8, 4) is 6.07 Å². The molecule has 3 rings (SSSR count). The van der Waals surface area contributed by atoms with E-state index in [-0.39, 0.29) is 5.91 Å². The second-order valence-corrected chi connectivity index (χ2v) is 6.56. The number of nitrogens with one attached hydrogen (secondary N) is 2. The summed E-state index contributed by atoms with van der Waals surface area (Å²) < 4.78 is 0. The molecular formula is C17H18N3OS+. The molecule has 0 aliphatic carbocycles. The van der Waals surface area contributed by atoms with E-state index in [1.165, 1.54) is 15.3 Å². The van der Waals surface area contributed by atoms with Crippen LogP contribution in [0, 0.1) is 11.3 Å². The number of hydrogen-bond acceptors (Lipinski definition) is 3. The Morgan fingerprint density at radius 3 is 3.09 bits per heavy atom. The third-order valence-corrected chi connectivity index (χ3v) is 5.24. The fourth-order valence-corrected chi connectivity index (χ4v) is 3.96. The van der Waals surface area contributed by atoms with Crippen molar-refractivity contribution in [1.82, 2.24) is 0 Å². The van der Waals surface area contributed by atoms with Gasteiger partial charge in [0.05, 0.1) is 17.8 Å². The number of carbonyl (C=O) groups excluding carboxylic acids is 1. The number of quaternary nitrogens is 1. The standard InChI is InChI=1S/C17H17N3OS/c1-12-14-7-9-22-16(14)6-8-20(12)11-17(21)19-15-5-3-2-4-13(15)10-18/h2-5,7,9,12H,6,8,11H2,1H3,(H,19,21)/p+1/t12-/m0/s1. The third-order valence-electron chi connectivity index (χ3n) is 4.24. The van der Waals surface area contributed by atoms with Gasteiger partial charge in [0.2, 0.25) is 0 Å². The average Bonchev–Trinajstić information content (AvgIpc) is 3.00. The van der Waals surface area contributed by atoms with Gasteiger partial charge in [-0.25, -0.2) is 0 Å². The molecule has 0 bridgehead atoms. The zero-order valence-corrected chi connectivity index (χ0v) is 13.2. The van der Waals surface area contributed by atoms with Crippen molar-refractivity contribution in [2.24, 2.45) is 0 Å². The van der Waals surface area contributed by atoms with E-state index in [9.17, 15) is 4.79 Å². The van der Waals surface area contributed by atoms with Crippen molar-refractivity contribution < 1.29 is 9.69 Å². The lowest BCUT2D eigenvalue weighted by molar-refractivity contribution is -0.923. The Bertz CT molecular complexity index is 732. The van der Waals surface area contributed by atoms with Crippen molar-refractivity contribution in [3.05, 3.63) is 51.7 Å². The van der Waals surface area contributed by atoms with Gasteiger partial charge in [0.1, 0.15) is 12.1 Å². The number of nitriles is 1. The van der Waals surface area contributed by atoms with Gasteiger partial charge in [-0.1, -0.05) is 12.1 Å². The first kappa shape index (κ1) is 14.8. The Morgan fingerprint density at radius 2 is 2.27 bits per heavy atom. The molecule has 2 N–H and O–H groups in total. The molecule has 4 nitrogen and oxygen atoms in total. The predicted octanol–water partition coefficient (Wildman–Crippen LogP) is 1.76. The highest BCUT2D eigenvalue weighted by atomic mass is 32.1. The lowest BCUT2D eigenvalue weighted by Crippen LogP contribution is -3.14. The molecular weight excluding hydrogens is 294 g/mol. The predicted molar refractivity (Wildman–Crippen MR) is 86.9 cm³/mol. The topological polar surface area (TPSA) is 57.3 Å². The first-order chi connectivity index (χ1) is 10.7. The van der Waals surface area contributed by atoms with E-state index >= 15 is 0 Å². The van der Waals surface area contributed by atoms with Gasteiger partial charge in [0, 0.05) is 16.9 Å². The molecule has 2 atom stereocenters. The number of rotatable bonds is 3. The van der Waals surface area contributed by atoms with Crippen LogP contribution >= 0.6 is 11.3 Å². The Hall–Kier alpha value is -2.16. The van der Waals surface area contributed by atoms with E-state index in [2.05, 4.69) is 29.8 Å². The molecule has 0 saturated carbocycles. The lowest BCUT2D eigenvalue weighted by Gasteiger charge is -2.29. The van der Waals surface area contributed by atoms with Gasteiger partial charge in [-0.05, 0) is 30.5 Å². The van der Waals surface area contributed by atoms with E-state index in [0.29, 0.717) is 23.8 Å². The molecule has 1 amide bonds. The Labute approximate surface area is 134 Å².